The van der Waals surface area contributed by atoms with E-state index in [4.69, 9.17) is 0 Å². The number of nitrogens with one attached hydrogen (secondary N) is 1. The van der Waals surface area contributed by atoms with Gasteiger partial charge in [0, 0.05) is 31.7 Å². The molecular weight excluding hydrogens is 414 g/mol. The minimum absolute atomic E-state index is 0.124. The highest BCUT2D eigenvalue weighted by atomic mass is 32.1. The Kier molecular flexibility index (Phi) is 6.06. The molecular formula is C22H27N5O3S. The van der Waals surface area contributed by atoms with E-state index < -0.39 is 11.2 Å². The van der Waals surface area contributed by atoms with E-state index in [1.807, 2.05) is 6.07 Å². The molecule has 31 heavy (non-hydrogen) atoms. The van der Waals surface area contributed by atoms with Gasteiger partial charge >= 0.3 is 5.69 Å². The van der Waals surface area contributed by atoms with Gasteiger partial charge in [-0.15, -0.1) is 11.3 Å². The van der Waals surface area contributed by atoms with Crippen LogP contribution in [0.4, 0.5) is 0 Å². The third kappa shape index (κ3) is 4.20. The first-order valence-electron chi connectivity index (χ1n) is 10.5. The van der Waals surface area contributed by atoms with E-state index >= 15 is 0 Å². The van der Waals surface area contributed by atoms with Crippen LogP contribution in [0.15, 0.2) is 39.4 Å². The average molecular weight is 442 g/mol. The molecule has 0 spiro atoms. The summed E-state index contributed by atoms with van der Waals surface area (Å²) in [6, 6.07) is 5.79. The number of fused-ring (bicyclic) bond motifs is 1. The normalized spacial score (nSPS) is 16.5. The molecule has 3 aromatic heterocycles. The zero-order valence-electron chi connectivity index (χ0n) is 18.0. The summed E-state index contributed by atoms with van der Waals surface area (Å²) >= 11 is 1.70. The van der Waals surface area contributed by atoms with Crippen molar-refractivity contribution in [2.24, 2.45) is 20.0 Å². The molecule has 4 rings (SSSR count). The molecule has 8 nitrogen and oxygen atoms in total. The van der Waals surface area contributed by atoms with Crippen molar-refractivity contribution in [1.82, 2.24) is 24.3 Å². The van der Waals surface area contributed by atoms with Crippen LogP contribution in [0.5, 0.6) is 0 Å². The van der Waals surface area contributed by atoms with Gasteiger partial charge in [0.1, 0.15) is 5.65 Å². The van der Waals surface area contributed by atoms with Crippen LogP contribution in [0, 0.1) is 5.92 Å². The molecule has 164 valence electrons. The van der Waals surface area contributed by atoms with E-state index in [-0.39, 0.29) is 23.0 Å². The molecule has 0 radical (unpaired) electrons. The van der Waals surface area contributed by atoms with Crippen molar-refractivity contribution in [2.45, 2.75) is 25.8 Å². The van der Waals surface area contributed by atoms with Crippen molar-refractivity contribution in [1.29, 1.82) is 0 Å². The number of thiophene rings is 1. The zero-order chi connectivity index (χ0) is 22.1. The summed E-state index contributed by atoms with van der Waals surface area (Å²) in [6.45, 7) is 4.80. The van der Waals surface area contributed by atoms with E-state index in [0.29, 0.717) is 12.1 Å². The molecule has 1 aliphatic rings. The molecule has 1 saturated heterocycles. The van der Waals surface area contributed by atoms with Crippen LogP contribution in [0.25, 0.3) is 11.0 Å². The standard InChI is InChI=1S/C22H27N5O3S/c1-14-6-8-27(9-7-14)17(18-5-4-10-31-18)13-24-20(28)15-11-16-19(23-12-15)25(2)22(30)26(3)21(16)29/h4-5,10-12,14,17H,6-9,13H2,1-3H3,(H,24,28)/t17-/m1/s1. The average Bonchev–Trinajstić information content (AvgIpc) is 3.31. The zero-order valence-corrected chi connectivity index (χ0v) is 18.8. The third-order valence-electron chi connectivity index (χ3n) is 6.14. The minimum atomic E-state index is -0.459. The van der Waals surface area contributed by atoms with Gasteiger partial charge in [-0.25, -0.2) is 9.78 Å². The van der Waals surface area contributed by atoms with Crippen molar-refractivity contribution < 1.29 is 4.79 Å². The first-order valence-corrected chi connectivity index (χ1v) is 11.4. The number of rotatable bonds is 5. The molecule has 0 aromatic carbocycles. The molecule has 0 bridgehead atoms. The maximum Gasteiger partial charge on any atom is 0.332 e. The first-order chi connectivity index (χ1) is 14.9. The molecule has 1 atom stereocenters. The highest BCUT2D eigenvalue weighted by Crippen LogP contribution is 2.29. The maximum atomic E-state index is 12.9. The van der Waals surface area contributed by atoms with Gasteiger partial charge in [0.05, 0.1) is 17.0 Å². The molecule has 0 aliphatic carbocycles. The summed E-state index contributed by atoms with van der Waals surface area (Å²) in [5.41, 5.74) is -0.333. The molecule has 4 heterocycles. The van der Waals surface area contributed by atoms with Gasteiger partial charge in [0.25, 0.3) is 11.5 Å². The Bertz CT molecular complexity index is 1210. The van der Waals surface area contributed by atoms with Gasteiger partial charge < -0.3 is 5.32 Å². The molecule has 0 unspecified atom stereocenters. The Balaban J connectivity index is 1.56. The predicted molar refractivity (Wildman–Crippen MR) is 122 cm³/mol. The second kappa shape index (κ2) is 8.76. The van der Waals surface area contributed by atoms with Gasteiger partial charge in [-0.3, -0.25) is 23.6 Å². The van der Waals surface area contributed by atoms with E-state index in [9.17, 15) is 14.4 Å². The topological polar surface area (TPSA) is 89.2 Å². The van der Waals surface area contributed by atoms with Crippen LogP contribution in [-0.4, -0.2) is 44.6 Å². The predicted octanol–water partition coefficient (Wildman–Crippen LogP) is 1.90. The lowest BCUT2D eigenvalue weighted by atomic mass is 9.97. The van der Waals surface area contributed by atoms with Crippen molar-refractivity contribution in [2.75, 3.05) is 19.6 Å². The van der Waals surface area contributed by atoms with Gasteiger partial charge in [0.2, 0.25) is 0 Å². The van der Waals surface area contributed by atoms with Crippen LogP contribution in [0.2, 0.25) is 0 Å². The number of pyridine rings is 1. The summed E-state index contributed by atoms with van der Waals surface area (Å²) in [7, 11) is 2.98. The third-order valence-corrected chi connectivity index (χ3v) is 7.12. The van der Waals surface area contributed by atoms with Crippen molar-refractivity contribution in [3.8, 4) is 0 Å². The fourth-order valence-corrected chi connectivity index (χ4v) is 4.97. The lowest BCUT2D eigenvalue weighted by Gasteiger charge is -2.36. The first kappa shape index (κ1) is 21.5. The number of piperidine rings is 1. The number of hydrogen-bond acceptors (Lipinski definition) is 6. The number of carbonyl (C=O) groups excluding carboxylic acids is 1. The summed E-state index contributed by atoms with van der Waals surface area (Å²) in [5.74, 6) is 0.453. The maximum absolute atomic E-state index is 12.9. The van der Waals surface area contributed by atoms with Crippen molar-refractivity contribution in [3.05, 3.63) is 61.1 Å². The summed E-state index contributed by atoms with van der Waals surface area (Å²) < 4.78 is 2.33. The monoisotopic (exact) mass is 441 g/mol. The van der Waals surface area contributed by atoms with Gasteiger partial charge in [-0.1, -0.05) is 13.0 Å². The SMILES string of the molecule is CC1CCN([C@H](CNC(=O)c2cnc3c(c2)c(=O)n(C)c(=O)n3C)c2cccs2)CC1. The van der Waals surface area contributed by atoms with E-state index in [0.717, 1.165) is 36.4 Å². The van der Waals surface area contributed by atoms with E-state index in [1.54, 1.807) is 18.4 Å². The minimum Gasteiger partial charge on any atom is -0.350 e. The number of nitrogens with zero attached hydrogens (tertiary/aromatic N) is 4. The number of aromatic nitrogens is 3. The van der Waals surface area contributed by atoms with Crippen LogP contribution in [-0.2, 0) is 14.1 Å². The van der Waals surface area contributed by atoms with E-state index in [1.165, 1.54) is 28.8 Å². The van der Waals surface area contributed by atoms with Crippen molar-refractivity contribution in [3.63, 3.8) is 0 Å². The second-order valence-corrected chi connectivity index (χ2v) is 9.24. The number of carbonyl (C=O) groups is 1. The Hall–Kier alpha value is -2.78. The molecule has 0 saturated carbocycles. The molecule has 1 fully saturated rings. The Morgan fingerprint density at radius 1 is 1.26 bits per heavy atom. The molecule has 3 aromatic rings. The molecule has 1 aliphatic heterocycles. The largest absolute Gasteiger partial charge is 0.350 e. The van der Waals surface area contributed by atoms with E-state index in [2.05, 4.69) is 33.6 Å². The molecule has 1 N–H and O–H groups in total. The van der Waals surface area contributed by atoms with Crippen LogP contribution >= 0.6 is 11.3 Å². The lowest BCUT2D eigenvalue weighted by Crippen LogP contribution is -2.41. The fraction of sp³-hybridized carbons (Fsp3) is 0.455. The fourth-order valence-electron chi connectivity index (χ4n) is 4.11. The van der Waals surface area contributed by atoms with Gasteiger partial charge in [0.15, 0.2) is 0 Å². The number of aryl methyl sites for hydroxylation is 1. The van der Waals surface area contributed by atoms with Crippen molar-refractivity contribution >= 4 is 28.3 Å². The highest BCUT2D eigenvalue weighted by Gasteiger charge is 2.26. The summed E-state index contributed by atoms with van der Waals surface area (Å²) in [5, 5.41) is 5.34. The summed E-state index contributed by atoms with van der Waals surface area (Å²) in [6.07, 6.45) is 3.73. The molecule has 1 amide bonds. The van der Waals surface area contributed by atoms with Crippen LogP contribution < -0.4 is 16.6 Å². The molecule has 9 heteroatoms. The highest BCUT2D eigenvalue weighted by molar-refractivity contribution is 7.10. The summed E-state index contributed by atoms with van der Waals surface area (Å²) in [4.78, 5) is 45.4. The van der Waals surface area contributed by atoms with Crippen LogP contribution in [0.1, 0.15) is 41.0 Å². The lowest BCUT2D eigenvalue weighted by molar-refractivity contribution is 0.0914. The smallest absolute Gasteiger partial charge is 0.332 e. The number of likely N-dealkylation sites (tertiary alicyclic amines) is 1. The van der Waals surface area contributed by atoms with Crippen LogP contribution in [0.3, 0.4) is 0 Å². The Morgan fingerprint density at radius 3 is 2.68 bits per heavy atom. The van der Waals surface area contributed by atoms with Gasteiger partial charge in [-0.2, -0.15) is 0 Å². The second-order valence-electron chi connectivity index (χ2n) is 8.26. The number of hydrogen-bond donors (Lipinski definition) is 1. The quantitative estimate of drug-likeness (QED) is 0.653. The Morgan fingerprint density at radius 2 is 2.00 bits per heavy atom. The number of amides is 1. The van der Waals surface area contributed by atoms with Gasteiger partial charge in [-0.05, 0) is 49.4 Å². The Labute approximate surface area is 184 Å².